The van der Waals surface area contributed by atoms with Gasteiger partial charge in [0.15, 0.2) is 0 Å². The first-order valence-electron chi connectivity index (χ1n) is 6.44. The molecule has 0 aromatic heterocycles. The molecular weight excluding hydrogens is 234 g/mol. The van der Waals surface area contributed by atoms with E-state index in [4.69, 9.17) is 10.5 Å². The molecule has 2 rings (SSSR count). The fraction of sp³-hybridized carbons (Fsp3) is 0.833. The lowest BCUT2D eigenvalue weighted by molar-refractivity contribution is -0.137. The molecule has 0 radical (unpaired) electrons. The van der Waals surface area contributed by atoms with Crippen LogP contribution in [-0.2, 0) is 14.3 Å². The average Bonchev–Trinajstić information content (AvgIpc) is 2.65. The third-order valence-corrected chi connectivity index (χ3v) is 3.71. The number of hydrogen-bond acceptors (Lipinski definition) is 4. The molecule has 2 amide bonds. The van der Waals surface area contributed by atoms with Crippen molar-refractivity contribution in [3.63, 3.8) is 0 Å². The zero-order chi connectivity index (χ0) is 13.2. The van der Waals surface area contributed by atoms with Crippen molar-refractivity contribution in [1.82, 2.24) is 9.80 Å². The Bertz CT molecular complexity index is 339. The van der Waals surface area contributed by atoms with E-state index < -0.39 is 5.54 Å². The first-order valence-corrected chi connectivity index (χ1v) is 6.44. The minimum atomic E-state index is -0.856. The molecule has 0 aliphatic carbocycles. The van der Waals surface area contributed by atoms with Gasteiger partial charge in [0.1, 0.15) is 5.54 Å². The molecular formula is C12H21N3O3. The molecule has 0 saturated carbocycles. The van der Waals surface area contributed by atoms with Crippen LogP contribution in [0.3, 0.4) is 0 Å². The van der Waals surface area contributed by atoms with Crippen molar-refractivity contribution in [2.75, 3.05) is 39.4 Å². The van der Waals surface area contributed by atoms with Crippen LogP contribution >= 0.6 is 0 Å². The van der Waals surface area contributed by atoms with Gasteiger partial charge in [-0.2, -0.15) is 0 Å². The Morgan fingerprint density at radius 3 is 2.44 bits per heavy atom. The maximum absolute atomic E-state index is 12.4. The highest BCUT2D eigenvalue weighted by atomic mass is 16.5. The molecule has 102 valence electrons. The summed E-state index contributed by atoms with van der Waals surface area (Å²) in [7, 11) is 0. The van der Waals surface area contributed by atoms with Gasteiger partial charge in [-0.15, -0.1) is 0 Å². The number of nitrogens with zero attached hydrogens (tertiary/aromatic N) is 2. The Labute approximate surface area is 107 Å². The molecule has 18 heavy (non-hydrogen) atoms. The van der Waals surface area contributed by atoms with E-state index in [1.54, 1.807) is 16.7 Å². The summed E-state index contributed by atoms with van der Waals surface area (Å²) in [6.07, 6.45) is 1.39. The molecule has 2 N–H and O–H groups in total. The predicted molar refractivity (Wildman–Crippen MR) is 65.8 cm³/mol. The van der Waals surface area contributed by atoms with E-state index in [-0.39, 0.29) is 11.8 Å². The standard InChI is InChI=1S/C12H21N3O3/c1-10(16)14-4-2-5-15(7-6-14)11(17)12(13)3-8-18-9-12/h2-9,13H2,1H3. The van der Waals surface area contributed by atoms with Crippen molar-refractivity contribution in [1.29, 1.82) is 0 Å². The number of carbonyl (C=O) groups excluding carboxylic acids is 2. The molecule has 0 aromatic rings. The summed E-state index contributed by atoms with van der Waals surface area (Å²) < 4.78 is 5.23. The minimum absolute atomic E-state index is 0.0367. The summed E-state index contributed by atoms with van der Waals surface area (Å²) in [4.78, 5) is 27.2. The van der Waals surface area contributed by atoms with E-state index in [0.717, 1.165) is 6.42 Å². The van der Waals surface area contributed by atoms with Crippen LogP contribution in [0.4, 0.5) is 0 Å². The lowest BCUT2D eigenvalue weighted by Gasteiger charge is -2.29. The summed E-state index contributed by atoms with van der Waals surface area (Å²) in [5.41, 5.74) is 5.23. The molecule has 0 spiro atoms. The monoisotopic (exact) mass is 255 g/mol. The van der Waals surface area contributed by atoms with Gasteiger partial charge in [0.05, 0.1) is 6.61 Å². The Morgan fingerprint density at radius 2 is 1.83 bits per heavy atom. The number of amides is 2. The first-order chi connectivity index (χ1) is 8.53. The molecule has 2 fully saturated rings. The molecule has 2 aliphatic rings. The topological polar surface area (TPSA) is 75.9 Å². The van der Waals surface area contributed by atoms with E-state index in [1.165, 1.54) is 0 Å². The number of carbonyl (C=O) groups is 2. The number of nitrogens with two attached hydrogens (primary N) is 1. The van der Waals surface area contributed by atoms with Crippen molar-refractivity contribution >= 4 is 11.8 Å². The molecule has 0 aromatic carbocycles. The second kappa shape index (κ2) is 5.24. The summed E-state index contributed by atoms with van der Waals surface area (Å²) in [5, 5.41) is 0. The van der Waals surface area contributed by atoms with Crippen molar-refractivity contribution in [2.24, 2.45) is 5.73 Å². The van der Waals surface area contributed by atoms with Crippen LogP contribution in [0.5, 0.6) is 0 Å². The minimum Gasteiger partial charge on any atom is -0.379 e. The molecule has 1 atom stereocenters. The molecule has 2 heterocycles. The maximum Gasteiger partial charge on any atom is 0.245 e. The lowest BCUT2D eigenvalue weighted by atomic mass is 9.98. The first kappa shape index (κ1) is 13.3. The summed E-state index contributed by atoms with van der Waals surface area (Å²) in [5.74, 6) is 0.0290. The van der Waals surface area contributed by atoms with Gasteiger partial charge < -0.3 is 20.3 Å². The van der Waals surface area contributed by atoms with Crippen molar-refractivity contribution < 1.29 is 14.3 Å². The second-order valence-corrected chi connectivity index (χ2v) is 5.11. The summed E-state index contributed by atoms with van der Waals surface area (Å²) in [6.45, 7) is 4.96. The second-order valence-electron chi connectivity index (χ2n) is 5.11. The average molecular weight is 255 g/mol. The number of hydrogen-bond donors (Lipinski definition) is 1. The Balaban J connectivity index is 1.97. The van der Waals surface area contributed by atoms with Gasteiger partial charge in [0, 0.05) is 39.7 Å². The number of ether oxygens (including phenoxy) is 1. The predicted octanol–water partition coefficient (Wildman–Crippen LogP) is -0.815. The van der Waals surface area contributed by atoms with Crippen molar-refractivity contribution in [3.05, 3.63) is 0 Å². The maximum atomic E-state index is 12.4. The zero-order valence-electron chi connectivity index (χ0n) is 10.9. The van der Waals surface area contributed by atoms with Crippen LogP contribution in [0.2, 0.25) is 0 Å². The fourth-order valence-electron chi connectivity index (χ4n) is 2.50. The molecule has 1 unspecified atom stereocenters. The van der Waals surface area contributed by atoms with Crippen LogP contribution in [0.25, 0.3) is 0 Å². The van der Waals surface area contributed by atoms with E-state index in [1.807, 2.05) is 0 Å². The normalized spacial score (nSPS) is 29.2. The van der Waals surface area contributed by atoms with Crippen molar-refractivity contribution in [3.8, 4) is 0 Å². The van der Waals surface area contributed by atoms with Gasteiger partial charge in [-0.1, -0.05) is 0 Å². The highest BCUT2D eigenvalue weighted by molar-refractivity contribution is 5.86. The van der Waals surface area contributed by atoms with E-state index in [2.05, 4.69) is 0 Å². The molecule has 6 heteroatoms. The van der Waals surface area contributed by atoms with Gasteiger partial charge in [0.25, 0.3) is 0 Å². The highest BCUT2D eigenvalue weighted by Crippen LogP contribution is 2.19. The molecule has 6 nitrogen and oxygen atoms in total. The molecule has 2 aliphatic heterocycles. The smallest absolute Gasteiger partial charge is 0.245 e. The van der Waals surface area contributed by atoms with Crippen LogP contribution < -0.4 is 5.73 Å². The molecule has 2 saturated heterocycles. The third kappa shape index (κ3) is 2.64. The fourth-order valence-corrected chi connectivity index (χ4v) is 2.50. The van der Waals surface area contributed by atoms with Gasteiger partial charge in [-0.3, -0.25) is 9.59 Å². The van der Waals surface area contributed by atoms with Gasteiger partial charge >= 0.3 is 0 Å². The van der Waals surface area contributed by atoms with Crippen LogP contribution in [0.15, 0.2) is 0 Å². The van der Waals surface area contributed by atoms with Gasteiger partial charge in [0.2, 0.25) is 11.8 Å². The Morgan fingerprint density at radius 1 is 1.17 bits per heavy atom. The van der Waals surface area contributed by atoms with Crippen LogP contribution in [-0.4, -0.2) is 66.5 Å². The largest absolute Gasteiger partial charge is 0.379 e. The number of rotatable bonds is 1. The quantitative estimate of drug-likeness (QED) is 0.664. The Hall–Kier alpha value is -1.14. The van der Waals surface area contributed by atoms with Gasteiger partial charge in [-0.05, 0) is 12.8 Å². The lowest BCUT2D eigenvalue weighted by Crippen LogP contribution is -2.56. The molecule has 0 bridgehead atoms. The van der Waals surface area contributed by atoms with E-state index in [0.29, 0.717) is 45.8 Å². The van der Waals surface area contributed by atoms with E-state index >= 15 is 0 Å². The zero-order valence-corrected chi connectivity index (χ0v) is 10.9. The summed E-state index contributed by atoms with van der Waals surface area (Å²) >= 11 is 0. The van der Waals surface area contributed by atoms with Gasteiger partial charge in [-0.25, -0.2) is 0 Å². The summed E-state index contributed by atoms with van der Waals surface area (Å²) in [6, 6.07) is 0. The van der Waals surface area contributed by atoms with Crippen LogP contribution in [0, 0.1) is 0 Å². The SMILES string of the molecule is CC(=O)N1CCCN(C(=O)C2(N)CCOC2)CC1. The third-order valence-electron chi connectivity index (χ3n) is 3.71. The highest BCUT2D eigenvalue weighted by Gasteiger charge is 2.41. The van der Waals surface area contributed by atoms with Crippen molar-refractivity contribution in [2.45, 2.75) is 25.3 Å². The van der Waals surface area contributed by atoms with Crippen LogP contribution in [0.1, 0.15) is 19.8 Å². The van der Waals surface area contributed by atoms with E-state index in [9.17, 15) is 9.59 Å². The Kier molecular flexibility index (Phi) is 3.87.